The molecule has 2 saturated heterocycles. The van der Waals surface area contributed by atoms with E-state index in [1.54, 1.807) is 12.4 Å². The molecule has 2 fully saturated rings. The fourth-order valence-corrected chi connectivity index (χ4v) is 2.64. The van der Waals surface area contributed by atoms with Crippen LogP contribution in [0.2, 0.25) is 5.15 Å². The van der Waals surface area contributed by atoms with E-state index in [9.17, 15) is 4.79 Å². The van der Waals surface area contributed by atoms with E-state index < -0.39 is 0 Å². The third kappa shape index (κ3) is 1.95. The molecular weight excluding hydrogens is 240 g/mol. The molecular formula is C11H13ClN4O. The largest absolute Gasteiger partial charge is 0.352 e. The predicted molar refractivity (Wildman–Crippen MR) is 64.0 cm³/mol. The van der Waals surface area contributed by atoms with Gasteiger partial charge in [0.25, 0.3) is 0 Å². The Kier molecular flexibility index (Phi) is 2.63. The van der Waals surface area contributed by atoms with Crippen molar-refractivity contribution >= 4 is 23.3 Å². The molecule has 1 unspecified atom stereocenters. The summed E-state index contributed by atoms with van der Waals surface area (Å²) in [6.45, 7) is 2.45. The van der Waals surface area contributed by atoms with E-state index in [0.29, 0.717) is 17.6 Å². The second-order valence-corrected chi connectivity index (χ2v) is 4.81. The van der Waals surface area contributed by atoms with E-state index in [4.69, 9.17) is 11.6 Å². The summed E-state index contributed by atoms with van der Waals surface area (Å²) in [5, 5.41) is 0.406. The van der Waals surface area contributed by atoms with Crippen LogP contribution >= 0.6 is 11.6 Å². The summed E-state index contributed by atoms with van der Waals surface area (Å²) in [7, 11) is 0. The smallest absolute Gasteiger partial charge is 0.223 e. The van der Waals surface area contributed by atoms with E-state index in [0.717, 1.165) is 31.9 Å². The maximum absolute atomic E-state index is 11.6. The lowest BCUT2D eigenvalue weighted by molar-refractivity contribution is -0.129. The van der Waals surface area contributed by atoms with Gasteiger partial charge in [0.2, 0.25) is 5.91 Å². The Morgan fingerprint density at radius 1 is 1.29 bits per heavy atom. The molecule has 3 rings (SSSR count). The Morgan fingerprint density at radius 3 is 2.94 bits per heavy atom. The second-order valence-electron chi connectivity index (χ2n) is 4.42. The zero-order valence-corrected chi connectivity index (χ0v) is 10.1. The van der Waals surface area contributed by atoms with E-state index in [1.165, 1.54) is 0 Å². The Bertz CT molecular complexity index is 436. The van der Waals surface area contributed by atoms with Crippen molar-refractivity contribution in [2.24, 2.45) is 0 Å². The summed E-state index contributed by atoms with van der Waals surface area (Å²) in [6.07, 6.45) is 4.89. The van der Waals surface area contributed by atoms with Gasteiger partial charge in [0.1, 0.15) is 11.0 Å². The van der Waals surface area contributed by atoms with Crippen molar-refractivity contribution in [2.75, 3.05) is 24.5 Å². The topological polar surface area (TPSA) is 49.3 Å². The molecule has 0 saturated carbocycles. The zero-order chi connectivity index (χ0) is 11.8. The first-order valence-corrected chi connectivity index (χ1v) is 6.14. The summed E-state index contributed by atoms with van der Waals surface area (Å²) in [4.78, 5) is 24.0. The lowest BCUT2D eigenvalue weighted by atomic mass is 10.1. The number of hydrogen-bond donors (Lipinski definition) is 0. The highest BCUT2D eigenvalue weighted by Gasteiger charge is 2.35. The minimum atomic E-state index is 0.289. The van der Waals surface area contributed by atoms with Crippen LogP contribution in [0, 0.1) is 0 Å². The molecule has 17 heavy (non-hydrogen) atoms. The number of halogens is 1. The first-order chi connectivity index (χ1) is 8.24. The number of carbonyl (C=O) groups is 1. The molecule has 0 spiro atoms. The molecule has 5 nitrogen and oxygen atoms in total. The van der Waals surface area contributed by atoms with Gasteiger partial charge in [-0.1, -0.05) is 11.6 Å². The van der Waals surface area contributed by atoms with E-state index in [-0.39, 0.29) is 5.91 Å². The van der Waals surface area contributed by atoms with Gasteiger partial charge < -0.3 is 9.80 Å². The Morgan fingerprint density at radius 2 is 2.18 bits per heavy atom. The van der Waals surface area contributed by atoms with E-state index >= 15 is 0 Å². The summed E-state index contributed by atoms with van der Waals surface area (Å²) in [6, 6.07) is 0.341. The van der Waals surface area contributed by atoms with E-state index in [2.05, 4.69) is 14.9 Å². The molecule has 90 valence electrons. The Labute approximate surface area is 104 Å². The lowest BCUT2D eigenvalue weighted by Gasteiger charge is -2.37. The van der Waals surface area contributed by atoms with Gasteiger partial charge in [-0.3, -0.25) is 4.79 Å². The number of rotatable bonds is 1. The van der Waals surface area contributed by atoms with Crippen LogP contribution in [0.4, 0.5) is 5.82 Å². The van der Waals surface area contributed by atoms with Crippen molar-refractivity contribution in [3.8, 4) is 0 Å². The number of hydrogen-bond acceptors (Lipinski definition) is 4. The fraction of sp³-hybridized carbons (Fsp3) is 0.545. The van der Waals surface area contributed by atoms with Crippen LogP contribution < -0.4 is 4.90 Å². The van der Waals surface area contributed by atoms with Gasteiger partial charge in [0, 0.05) is 32.1 Å². The van der Waals surface area contributed by atoms with Crippen molar-refractivity contribution in [2.45, 2.75) is 18.9 Å². The van der Waals surface area contributed by atoms with Crippen LogP contribution in [-0.4, -0.2) is 46.5 Å². The highest BCUT2D eigenvalue weighted by molar-refractivity contribution is 6.29. The van der Waals surface area contributed by atoms with Gasteiger partial charge in [-0.15, -0.1) is 0 Å². The van der Waals surface area contributed by atoms with Crippen molar-refractivity contribution in [1.82, 2.24) is 14.9 Å². The van der Waals surface area contributed by atoms with Gasteiger partial charge >= 0.3 is 0 Å². The average molecular weight is 253 g/mol. The third-order valence-electron chi connectivity index (χ3n) is 3.43. The minimum Gasteiger partial charge on any atom is -0.352 e. The van der Waals surface area contributed by atoms with Crippen molar-refractivity contribution in [1.29, 1.82) is 0 Å². The SMILES string of the molecule is O=C1CCC2CN(c3cnc(Cl)cn3)CCN12. The number of fused-ring (bicyclic) bond motifs is 1. The molecule has 2 aliphatic rings. The van der Waals surface area contributed by atoms with Crippen LogP contribution in [0.15, 0.2) is 12.4 Å². The van der Waals surface area contributed by atoms with Crippen molar-refractivity contribution < 1.29 is 4.79 Å². The second kappa shape index (κ2) is 4.14. The molecule has 2 aliphatic heterocycles. The van der Waals surface area contributed by atoms with E-state index in [1.807, 2.05) is 4.90 Å². The molecule has 1 amide bonds. The molecule has 3 heterocycles. The van der Waals surface area contributed by atoms with Gasteiger partial charge in [0.05, 0.1) is 12.4 Å². The molecule has 0 aromatic carbocycles. The quantitative estimate of drug-likeness (QED) is 0.747. The molecule has 1 atom stereocenters. The van der Waals surface area contributed by atoms with Gasteiger partial charge in [-0.25, -0.2) is 9.97 Å². The molecule has 1 aromatic heterocycles. The number of aromatic nitrogens is 2. The van der Waals surface area contributed by atoms with Gasteiger partial charge in [0.15, 0.2) is 0 Å². The van der Waals surface area contributed by atoms with Gasteiger partial charge in [-0.2, -0.15) is 0 Å². The van der Waals surface area contributed by atoms with Crippen LogP contribution in [0.3, 0.4) is 0 Å². The van der Waals surface area contributed by atoms with Crippen molar-refractivity contribution in [3.63, 3.8) is 0 Å². The highest BCUT2D eigenvalue weighted by atomic mass is 35.5. The maximum Gasteiger partial charge on any atom is 0.223 e. The summed E-state index contributed by atoms with van der Waals surface area (Å²) in [5.74, 6) is 1.13. The summed E-state index contributed by atoms with van der Waals surface area (Å²) in [5.41, 5.74) is 0. The average Bonchev–Trinajstić information content (AvgIpc) is 2.72. The summed E-state index contributed by atoms with van der Waals surface area (Å²) < 4.78 is 0. The highest BCUT2D eigenvalue weighted by Crippen LogP contribution is 2.25. The molecule has 0 N–H and O–H groups in total. The molecule has 0 radical (unpaired) electrons. The number of anilines is 1. The van der Waals surface area contributed by atoms with Crippen LogP contribution in [0.25, 0.3) is 0 Å². The monoisotopic (exact) mass is 252 g/mol. The number of piperazine rings is 1. The Hall–Kier alpha value is -1.36. The predicted octanol–water partition coefficient (Wildman–Crippen LogP) is 0.941. The summed E-state index contributed by atoms with van der Waals surface area (Å²) >= 11 is 5.71. The minimum absolute atomic E-state index is 0.289. The molecule has 0 aliphatic carbocycles. The number of amides is 1. The third-order valence-corrected chi connectivity index (χ3v) is 3.62. The maximum atomic E-state index is 11.6. The number of carbonyl (C=O) groups excluding carboxylic acids is 1. The van der Waals surface area contributed by atoms with Gasteiger partial charge in [-0.05, 0) is 6.42 Å². The standard InChI is InChI=1S/C11H13ClN4O/c12-9-5-14-10(6-13-9)15-3-4-16-8(7-15)1-2-11(16)17/h5-6,8H,1-4,7H2. The molecule has 6 heteroatoms. The van der Waals surface area contributed by atoms with Crippen LogP contribution in [0.1, 0.15) is 12.8 Å². The normalized spacial score (nSPS) is 24.1. The fourth-order valence-electron chi connectivity index (χ4n) is 2.54. The van der Waals surface area contributed by atoms with Crippen LogP contribution in [-0.2, 0) is 4.79 Å². The number of nitrogens with zero attached hydrogens (tertiary/aromatic N) is 4. The molecule has 1 aromatic rings. The van der Waals surface area contributed by atoms with Crippen LogP contribution in [0.5, 0.6) is 0 Å². The lowest BCUT2D eigenvalue weighted by Crippen LogP contribution is -2.51. The zero-order valence-electron chi connectivity index (χ0n) is 9.34. The first kappa shape index (κ1) is 10.8. The molecule has 0 bridgehead atoms. The van der Waals surface area contributed by atoms with Crippen molar-refractivity contribution in [3.05, 3.63) is 17.5 Å². The Balaban J connectivity index is 1.75. The first-order valence-electron chi connectivity index (χ1n) is 5.76.